The SMILES string of the molecule is Cc1nn2c(C(C)C)nc(CCl)c2c(=O)[nH]1. The number of imidazole rings is 1. The standard InChI is InChI=1S/C10H13ClN4O/c1-5(2)9-13-7(4-11)8-10(16)12-6(3)14-15(8)9/h5H,4H2,1-3H3,(H,12,14,16). The van der Waals surface area contributed by atoms with E-state index >= 15 is 0 Å². The van der Waals surface area contributed by atoms with Gasteiger partial charge in [-0.1, -0.05) is 13.8 Å². The molecule has 2 rings (SSSR count). The molecule has 0 saturated carbocycles. The van der Waals surface area contributed by atoms with E-state index in [2.05, 4.69) is 15.1 Å². The lowest BCUT2D eigenvalue weighted by Crippen LogP contribution is -2.16. The molecular formula is C10H13ClN4O. The van der Waals surface area contributed by atoms with E-state index in [1.807, 2.05) is 13.8 Å². The van der Waals surface area contributed by atoms with Gasteiger partial charge in [-0.05, 0) is 6.92 Å². The summed E-state index contributed by atoms with van der Waals surface area (Å²) in [6.45, 7) is 5.75. The van der Waals surface area contributed by atoms with Gasteiger partial charge in [0.2, 0.25) is 0 Å². The lowest BCUT2D eigenvalue weighted by molar-refractivity contribution is 0.706. The van der Waals surface area contributed by atoms with E-state index in [1.165, 1.54) is 0 Å². The molecule has 1 N–H and O–H groups in total. The van der Waals surface area contributed by atoms with Crippen LogP contribution >= 0.6 is 11.6 Å². The van der Waals surface area contributed by atoms with E-state index in [0.29, 0.717) is 17.0 Å². The number of alkyl halides is 1. The van der Waals surface area contributed by atoms with Crippen molar-refractivity contribution in [2.75, 3.05) is 0 Å². The Morgan fingerprint density at radius 2 is 2.19 bits per heavy atom. The molecule has 86 valence electrons. The second kappa shape index (κ2) is 3.90. The first-order valence-corrected chi connectivity index (χ1v) is 5.62. The summed E-state index contributed by atoms with van der Waals surface area (Å²) < 4.78 is 1.59. The zero-order valence-corrected chi connectivity index (χ0v) is 10.2. The number of nitrogens with one attached hydrogen (secondary N) is 1. The van der Waals surface area contributed by atoms with Crippen LogP contribution in [0.1, 0.15) is 37.1 Å². The van der Waals surface area contributed by atoms with Crippen molar-refractivity contribution < 1.29 is 0 Å². The Hall–Kier alpha value is -1.36. The highest BCUT2D eigenvalue weighted by Crippen LogP contribution is 2.17. The number of rotatable bonds is 2. The Balaban J connectivity index is 2.90. The molecule has 0 saturated heterocycles. The molecule has 0 aliphatic carbocycles. The smallest absolute Gasteiger partial charge is 0.277 e. The van der Waals surface area contributed by atoms with Gasteiger partial charge in [0.15, 0.2) is 5.52 Å². The van der Waals surface area contributed by atoms with E-state index in [0.717, 1.165) is 5.82 Å². The van der Waals surface area contributed by atoms with Crippen molar-refractivity contribution >= 4 is 17.1 Å². The monoisotopic (exact) mass is 240 g/mol. The highest BCUT2D eigenvalue weighted by Gasteiger charge is 2.17. The summed E-state index contributed by atoms with van der Waals surface area (Å²) in [7, 11) is 0. The minimum atomic E-state index is -0.192. The molecule has 2 aromatic rings. The van der Waals surface area contributed by atoms with Gasteiger partial charge in [-0.2, -0.15) is 5.10 Å². The summed E-state index contributed by atoms with van der Waals surface area (Å²) in [5.41, 5.74) is 0.839. The van der Waals surface area contributed by atoms with Crippen LogP contribution in [0.25, 0.3) is 5.52 Å². The Labute approximate surface area is 97.5 Å². The molecule has 5 nitrogen and oxygen atoms in total. The van der Waals surface area contributed by atoms with Crippen molar-refractivity contribution in [2.45, 2.75) is 32.6 Å². The Kier molecular flexibility index (Phi) is 2.71. The molecule has 0 spiro atoms. The van der Waals surface area contributed by atoms with Gasteiger partial charge in [-0.25, -0.2) is 9.50 Å². The predicted molar refractivity (Wildman–Crippen MR) is 62.0 cm³/mol. The summed E-state index contributed by atoms with van der Waals surface area (Å²) in [4.78, 5) is 18.8. The first-order valence-electron chi connectivity index (χ1n) is 5.09. The maximum Gasteiger partial charge on any atom is 0.277 e. The third-order valence-corrected chi connectivity index (χ3v) is 2.61. The Bertz CT molecular complexity index is 584. The molecule has 2 heterocycles. The van der Waals surface area contributed by atoms with Gasteiger partial charge in [0.25, 0.3) is 5.56 Å². The van der Waals surface area contributed by atoms with Crippen molar-refractivity contribution in [1.29, 1.82) is 0 Å². The average molecular weight is 241 g/mol. The van der Waals surface area contributed by atoms with Crippen molar-refractivity contribution in [1.82, 2.24) is 19.6 Å². The molecule has 2 aromatic heterocycles. The number of halogens is 1. The summed E-state index contributed by atoms with van der Waals surface area (Å²) in [5, 5.41) is 4.27. The number of hydrogen-bond acceptors (Lipinski definition) is 3. The van der Waals surface area contributed by atoms with Gasteiger partial charge >= 0.3 is 0 Å². The van der Waals surface area contributed by atoms with E-state index < -0.39 is 0 Å². The molecular weight excluding hydrogens is 228 g/mol. The van der Waals surface area contributed by atoms with Crippen LogP contribution in [-0.2, 0) is 5.88 Å². The summed E-state index contributed by atoms with van der Waals surface area (Å²) in [6, 6.07) is 0. The summed E-state index contributed by atoms with van der Waals surface area (Å²) in [6.07, 6.45) is 0. The maximum absolute atomic E-state index is 11.8. The fourth-order valence-electron chi connectivity index (χ4n) is 1.67. The van der Waals surface area contributed by atoms with Gasteiger partial charge in [0.1, 0.15) is 11.6 Å². The average Bonchev–Trinajstić information content (AvgIpc) is 2.56. The molecule has 0 atom stereocenters. The molecule has 0 fully saturated rings. The largest absolute Gasteiger partial charge is 0.307 e. The van der Waals surface area contributed by atoms with Gasteiger partial charge < -0.3 is 4.98 Å². The second-order valence-corrected chi connectivity index (χ2v) is 4.27. The van der Waals surface area contributed by atoms with Crippen LogP contribution in [0.3, 0.4) is 0 Å². The minimum Gasteiger partial charge on any atom is -0.307 e. The van der Waals surface area contributed by atoms with Crippen LogP contribution in [0.15, 0.2) is 4.79 Å². The lowest BCUT2D eigenvalue weighted by Gasteiger charge is -2.02. The third kappa shape index (κ3) is 1.61. The highest BCUT2D eigenvalue weighted by molar-refractivity contribution is 6.17. The fraction of sp³-hybridized carbons (Fsp3) is 0.500. The number of nitrogens with zero attached hydrogens (tertiary/aromatic N) is 3. The van der Waals surface area contributed by atoms with E-state index in [9.17, 15) is 4.79 Å². The van der Waals surface area contributed by atoms with Crippen LogP contribution < -0.4 is 5.56 Å². The number of fused-ring (bicyclic) bond motifs is 1. The molecule has 16 heavy (non-hydrogen) atoms. The van der Waals surface area contributed by atoms with Gasteiger partial charge in [0.05, 0.1) is 11.6 Å². The number of hydrogen-bond donors (Lipinski definition) is 1. The number of aromatic amines is 1. The number of H-pyrrole nitrogens is 1. The van der Waals surface area contributed by atoms with E-state index in [-0.39, 0.29) is 17.4 Å². The van der Waals surface area contributed by atoms with Crippen molar-refractivity contribution in [3.63, 3.8) is 0 Å². The molecule has 0 aliphatic heterocycles. The zero-order valence-electron chi connectivity index (χ0n) is 9.41. The molecule has 6 heteroatoms. The zero-order chi connectivity index (χ0) is 11.9. The fourth-order valence-corrected chi connectivity index (χ4v) is 1.86. The molecule has 0 aromatic carbocycles. The summed E-state index contributed by atoms with van der Waals surface area (Å²) >= 11 is 5.78. The predicted octanol–water partition coefficient (Wildman–Crippen LogP) is 1.59. The normalized spacial score (nSPS) is 11.6. The van der Waals surface area contributed by atoms with E-state index in [4.69, 9.17) is 11.6 Å². The molecule has 0 bridgehead atoms. The Morgan fingerprint density at radius 3 is 2.75 bits per heavy atom. The van der Waals surface area contributed by atoms with Crippen molar-refractivity contribution in [3.05, 3.63) is 27.7 Å². The number of aromatic nitrogens is 4. The van der Waals surface area contributed by atoms with Crippen LogP contribution in [0, 0.1) is 6.92 Å². The third-order valence-electron chi connectivity index (χ3n) is 2.35. The highest BCUT2D eigenvalue weighted by atomic mass is 35.5. The van der Waals surface area contributed by atoms with Gasteiger partial charge in [-0.3, -0.25) is 4.79 Å². The van der Waals surface area contributed by atoms with Crippen LogP contribution in [0.5, 0.6) is 0 Å². The lowest BCUT2D eigenvalue weighted by atomic mass is 10.2. The first-order chi connectivity index (χ1) is 7.54. The number of aryl methyl sites for hydroxylation is 1. The van der Waals surface area contributed by atoms with Gasteiger partial charge in [-0.15, -0.1) is 11.6 Å². The molecule has 0 radical (unpaired) electrons. The molecule has 0 aliphatic rings. The van der Waals surface area contributed by atoms with Crippen molar-refractivity contribution in [2.24, 2.45) is 0 Å². The minimum absolute atomic E-state index is 0.192. The van der Waals surface area contributed by atoms with Crippen LogP contribution in [-0.4, -0.2) is 19.6 Å². The van der Waals surface area contributed by atoms with E-state index in [1.54, 1.807) is 11.4 Å². The Morgan fingerprint density at radius 1 is 1.50 bits per heavy atom. The van der Waals surface area contributed by atoms with Gasteiger partial charge in [0, 0.05) is 5.92 Å². The van der Waals surface area contributed by atoms with Crippen molar-refractivity contribution in [3.8, 4) is 0 Å². The quantitative estimate of drug-likeness (QED) is 0.811. The van der Waals surface area contributed by atoms with Crippen LogP contribution in [0.4, 0.5) is 0 Å². The topological polar surface area (TPSA) is 63.1 Å². The molecule has 0 unspecified atom stereocenters. The second-order valence-electron chi connectivity index (χ2n) is 4.00. The first kappa shape index (κ1) is 11.1. The molecule has 0 amide bonds. The maximum atomic E-state index is 11.8. The van der Waals surface area contributed by atoms with Crippen LogP contribution in [0.2, 0.25) is 0 Å². The summed E-state index contributed by atoms with van der Waals surface area (Å²) in [5.74, 6) is 1.74.